The number of ether oxygens (including phenoxy) is 1. The van der Waals surface area contributed by atoms with Gasteiger partial charge in [-0.25, -0.2) is 0 Å². The number of nitrogens with zero attached hydrogens (tertiary/aromatic N) is 1. The number of anilines is 1. The van der Waals surface area contributed by atoms with Crippen LogP contribution in [0.5, 0.6) is 5.75 Å². The number of furan rings is 1. The smallest absolute Gasteiger partial charge is 0.300 e. The first-order valence-electron chi connectivity index (χ1n) is 9.69. The molecule has 1 N–H and O–H groups in total. The van der Waals surface area contributed by atoms with Gasteiger partial charge in [0.25, 0.3) is 11.7 Å². The van der Waals surface area contributed by atoms with Crippen molar-refractivity contribution in [2.75, 3.05) is 12.0 Å². The molecule has 1 fully saturated rings. The Balaban J connectivity index is 2.01. The van der Waals surface area contributed by atoms with Crippen LogP contribution in [-0.4, -0.2) is 23.9 Å². The van der Waals surface area contributed by atoms with Crippen LogP contribution < -0.4 is 9.64 Å². The summed E-state index contributed by atoms with van der Waals surface area (Å²) in [7, 11) is 1.41. The zero-order valence-electron chi connectivity index (χ0n) is 17.5. The number of aryl methyl sites for hydroxylation is 2. The van der Waals surface area contributed by atoms with E-state index in [4.69, 9.17) is 32.4 Å². The molecular weight excluding hydrogens is 453 g/mol. The molecule has 1 aliphatic rings. The van der Waals surface area contributed by atoms with E-state index in [0.717, 1.165) is 11.1 Å². The average Bonchev–Trinajstić information content (AvgIpc) is 3.36. The van der Waals surface area contributed by atoms with Crippen molar-refractivity contribution in [3.63, 3.8) is 0 Å². The highest BCUT2D eigenvalue weighted by molar-refractivity contribution is 6.52. The maximum Gasteiger partial charge on any atom is 0.300 e. The van der Waals surface area contributed by atoms with E-state index in [1.165, 1.54) is 18.3 Å². The fourth-order valence-corrected chi connectivity index (χ4v) is 4.41. The largest absolute Gasteiger partial charge is 0.507 e. The van der Waals surface area contributed by atoms with Gasteiger partial charge in [0.2, 0.25) is 0 Å². The minimum absolute atomic E-state index is 0.135. The number of rotatable bonds is 4. The first-order valence-corrected chi connectivity index (χ1v) is 10.4. The van der Waals surface area contributed by atoms with Crippen molar-refractivity contribution in [3.05, 3.63) is 86.8 Å². The first-order chi connectivity index (χ1) is 15.2. The molecule has 1 saturated heterocycles. The second-order valence-corrected chi connectivity index (χ2v) is 8.29. The van der Waals surface area contributed by atoms with Crippen molar-refractivity contribution in [3.8, 4) is 5.75 Å². The van der Waals surface area contributed by atoms with Gasteiger partial charge in [-0.15, -0.1) is 0 Å². The van der Waals surface area contributed by atoms with E-state index >= 15 is 0 Å². The summed E-state index contributed by atoms with van der Waals surface area (Å²) in [4.78, 5) is 27.7. The molecular formula is C24H19Cl2NO5. The van der Waals surface area contributed by atoms with Gasteiger partial charge in [0, 0.05) is 10.7 Å². The third-order valence-electron chi connectivity index (χ3n) is 5.34. The summed E-state index contributed by atoms with van der Waals surface area (Å²) in [6.45, 7) is 3.59. The number of hydrogen-bond acceptors (Lipinski definition) is 5. The van der Waals surface area contributed by atoms with Crippen molar-refractivity contribution in [1.82, 2.24) is 0 Å². The number of methoxy groups -OCH3 is 1. The molecule has 4 rings (SSSR count). The van der Waals surface area contributed by atoms with Crippen molar-refractivity contribution in [1.29, 1.82) is 0 Å². The van der Waals surface area contributed by atoms with Crippen LogP contribution in [0.15, 0.2) is 58.7 Å². The number of carbonyl (C=O) groups excluding carboxylic acids is 2. The number of amides is 1. The van der Waals surface area contributed by atoms with E-state index in [-0.39, 0.29) is 21.9 Å². The Kier molecular flexibility index (Phi) is 5.75. The molecule has 2 heterocycles. The number of benzene rings is 2. The third kappa shape index (κ3) is 3.55. The summed E-state index contributed by atoms with van der Waals surface area (Å²) in [5.74, 6) is -1.57. The van der Waals surface area contributed by atoms with Gasteiger partial charge in [0.1, 0.15) is 23.3 Å². The van der Waals surface area contributed by atoms with Crippen LogP contribution in [0.4, 0.5) is 5.69 Å². The van der Waals surface area contributed by atoms with Crippen molar-refractivity contribution >= 4 is 46.3 Å². The zero-order chi connectivity index (χ0) is 23.2. The lowest BCUT2D eigenvalue weighted by Crippen LogP contribution is -2.30. The van der Waals surface area contributed by atoms with Crippen LogP contribution in [0, 0.1) is 13.8 Å². The monoisotopic (exact) mass is 471 g/mol. The van der Waals surface area contributed by atoms with Crippen LogP contribution in [0.25, 0.3) is 5.76 Å². The lowest BCUT2D eigenvalue weighted by atomic mass is 9.97. The maximum absolute atomic E-state index is 13.2. The fraction of sp³-hybridized carbons (Fsp3) is 0.167. The van der Waals surface area contributed by atoms with E-state index in [2.05, 4.69) is 0 Å². The van der Waals surface area contributed by atoms with Crippen LogP contribution >= 0.6 is 23.2 Å². The maximum atomic E-state index is 13.2. The van der Waals surface area contributed by atoms with Crippen LogP contribution in [-0.2, 0) is 9.59 Å². The lowest BCUT2D eigenvalue weighted by molar-refractivity contribution is -0.132. The molecule has 1 atom stereocenters. The summed E-state index contributed by atoms with van der Waals surface area (Å²) < 4.78 is 10.9. The summed E-state index contributed by atoms with van der Waals surface area (Å²) in [5, 5.41) is 12.0. The van der Waals surface area contributed by atoms with Crippen LogP contribution in [0.1, 0.15) is 28.5 Å². The Hall–Kier alpha value is -3.22. The molecule has 0 bridgehead atoms. The molecule has 2 aromatic carbocycles. The van der Waals surface area contributed by atoms with E-state index in [0.29, 0.717) is 16.5 Å². The summed E-state index contributed by atoms with van der Waals surface area (Å²) >= 11 is 12.5. The van der Waals surface area contributed by atoms with E-state index in [1.54, 1.807) is 56.3 Å². The SMILES string of the molecule is COc1c(Cl)cc(C)cc1/C(O)=C1/C(=O)C(=O)N(c2cc(Cl)ccc2C)C1c1ccco1. The van der Waals surface area contributed by atoms with Crippen molar-refractivity contribution in [2.45, 2.75) is 19.9 Å². The minimum atomic E-state index is -1.01. The van der Waals surface area contributed by atoms with E-state index < -0.39 is 23.5 Å². The van der Waals surface area contributed by atoms with Gasteiger partial charge in [0.15, 0.2) is 0 Å². The van der Waals surface area contributed by atoms with Gasteiger partial charge in [-0.1, -0.05) is 29.3 Å². The molecule has 6 nitrogen and oxygen atoms in total. The standard InChI is InChI=1S/C24H19Cl2NO5/c1-12-9-15(23(31-3)16(26)10-12)21(28)19-20(18-5-4-8-32-18)27(24(30)22(19)29)17-11-14(25)7-6-13(17)2/h4-11,20,28H,1-3H3/b21-19-. The Morgan fingerprint density at radius 3 is 2.53 bits per heavy atom. The number of carbonyl (C=O) groups is 2. The Morgan fingerprint density at radius 2 is 1.88 bits per heavy atom. The molecule has 1 aliphatic heterocycles. The van der Waals surface area contributed by atoms with Gasteiger partial charge in [0.05, 0.1) is 29.5 Å². The van der Waals surface area contributed by atoms with E-state index in [9.17, 15) is 14.7 Å². The molecule has 164 valence electrons. The molecule has 0 radical (unpaired) electrons. The quantitative estimate of drug-likeness (QED) is 0.293. The average molecular weight is 472 g/mol. The number of halogens is 2. The Morgan fingerprint density at radius 1 is 1.12 bits per heavy atom. The number of hydrogen-bond donors (Lipinski definition) is 1. The topological polar surface area (TPSA) is 80.0 Å². The highest BCUT2D eigenvalue weighted by atomic mass is 35.5. The summed E-state index contributed by atoms with van der Waals surface area (Å²) in [6, 6.07) is 10.6. The molecule has 0 aliphatic carbocycles. The van der Waals surface area contributed by atoms with Crippen LogP contribution in [0.2, 0.25) is 10.0 Å². The molecule has 1 unspecified atom stereocenters. The van der Waals surface area contributed by atoms with Gasteiger partial charge in [-0.05, 0) is 61.4 Å². The predicted octanol–water partition coefficient (Wildman–Crippen LogP) is 5.84. The normalized spacial score (nSPS) is 17.8. The molecule has 32 heavy (non-hydrogen) atoms. The van der Waals surface area contributed by atoms with Gasteiger partial charge in [-0.3, -0.25) is 14.5 Å². The van der Waals surface area contributed by atoms with Crippen molar-refractivity contribution < 1.29 is 23.8 Å². The molecule has 1 amide bonds. The fourth-order valence-electron chi connectivity index (χ4n) is 3.90. The molecule has 3 aromatic rings. The Labute approximate surface area is 194 Å². The Bertz CT molecular complexity index is 1260. The van der Waals surface area contributed by atoms with Gasteiger partial charge in [-0.2, -0.15) is 0 Å². The molecule has 8 heteroatoms. The second-order valence-electron chi connectivity index (χ2n) is 7.44. The zero-order valence-corrected chi connectivity index (χ0v) is 19.0. The molecule has 0 spiro atoms. The van der Waals surface area contributed by atoms with Gasteiger partial charge >= 0.3 is 0 Å². The molecule has 0 saturated carbocycles. The summed E-state index contributed by atoms with van der Waals surface area (Å²) in [5.41, 5.74) is 1.98. The predicted molar refractivity (Wildman–Crippen MR) is 122 cm³/mol. The second kappa shape index (κ2) is 8.37. The number of Topliss-reactive ketones (excluding diaryl/α,β-unsaturated/α-hetero) is 1. The van der Waals surface area contributed by atoms with Crippen LogP contribution in [0.3, 0.4) is 0 Å². The summed E-state index contributed by atoms with van der Waals surface area (Å²) in [6.07, 6.45) is 1.43. The van der Waals surface area contributed by atoms with Crippen molar-refractivity contribution in [2.24, 2.45) is 0 Å². The molecule has 1 aromatic heterocycles. The lowest BCUT2D eigenvalue weighted by Gasteiger charge is -2.25. The third-order valence-corrected chi connectivity index (χ3v) is 5.85. The van der Waals surface area contributed by atoms with Gasteiger partial charge < -0.3 is 14.3 Å². The number of ketones is 1. The van der Waals surface area contributed by atoms with E-state index in [1.807, 2.05) is 0 Å². The minimum Gasteiger partial charge on any atom is -0.507 e. The highest BCUT2D eigenvalue weighted by Gasteiger charge is 2.49. The number of aliphatic hydroxyl groups excluding tert-OH is 1. The number of aliphatic hydroxyl groups is 1. The highest BCUT2D eigenvalue weighted by Crippen LogP contribution is 2.45. The first kappa shape index (κ1) is 22.0.